The van der Waals surface area contributed by atoms with Crippen LogP contribution in [0.4, 0.5) is 0 Å². The Balaban J connectivity index is 1.92. The highest BCUT2D eigenvalue weighted by molar-refractivity contribution is 6.17. The first-order valence-electron chi connectivity index (χ1n) is 9.23. The first-order chi connectivity index (χ1) is 13.3. The molecule has 1 aliphatic rings. The Morgan fingerprint density at radius 3 is 2.46 bits per heavy atom. The molecule has 0 radical (unpaired) electrons. The lowest BCUT2D eigenvalue weighted by atomic mass is 9.81. The van der Waals surface area contributed by atoms with Gasteiger partial charge in [0.05, 0.1) is 11.3 Å². The second kappa shape index (κ2) is 6.37. The fourth-order valence-corrected chi connectivity index (χ4v) is 4.08. The van der Waals surface area contributed by atoms with Gasteiger partial charge in [-0.1, -0.05) is 50.2 Å². The number of carboxylic acid groups (broad SMARTS) is 1. The molecule has 28 heavy (non-hydrogen) atoms. The van der Waals surface area contributed by atoms with Gasteiger partial charge in [0.1, 0.15) is 0 Å². The number of para-hydroxylation sites is 1. The largest absolute Gasteiger partial charge is 0.478 e. The number of aliphatic carboxylic acids is 1. The standard InChI is InChI=1S/C23H22N2O3/c1-14-8-4-5-9-15(14)21(26)25-12-17(22(27)28)20-19(23(2,3)13-25)16-10-6-7-11-18(16)24-20/h4-12,24H,13H2,1-3H3,(H,27,28). The van der Waals surface area contributed by atoms with Crippen molar-refractivity contribution in [2.75, 3.05) is 6.54 Å². The van der Waals surface area contributed by atoms with Gasteiger partial charge in [-0.15, -0.1) is 0 Å². The maximum atomic E-state index is 13.2. The molecule has 0 fully saturated rings. The van der Waals surface area contributed by atoms with E-state index in [0.29, 0.717) is 17.8 Å². The topological polar surface area (TPSA) is 73.4 Å². The Kier molecular flexibility index (Phi) is 4.11. The minimum absolute atomic E-state index is 0.0960. The number of nitrogens with one attached hydrogen (secondary N) is 1. The summed E-state index contributed by atoms with van der Waals surface area (Å²) in [5, 5.41) is 10.9. The van der Waals surface area contributed by atoms with E-state index >= 15 is 0 Å². The Bertz CT molecular complexity index is 1140. The number of hydrogen-bond acceptors (Lipinski definition) is 2. The summed E-state index contributed by atoms with van der Waals surface area (Å²) in [6, 6.07) is 15.2. The molecule has 5 nitrogen and oxygen atoms in total. The minimum atomic E-state index is -1.06. The molecule has 2 aromatic carbocycles. The molecule has 1 amide bonds. The monoisotopic (exact) mass is 374 g/mol. The van der Waals surface area contributed by atoms with Crippen molar-refractivity contribution in [2.24, 2.45) is 0 Å². The van der Waals surface area contributed by atoms with Gasteiger partial charge in [0.25, 0.3) is 5.91 Å². The summed E-state index contributed by atoms with van der Waals surface area (Å²) in [5.41, 5.74) is 3.49. The van der Waals surface area contributed by atoms with Crippen molar-refractivity contribution < 1.29 is 14.7 Å². The smallest absolute Gasteiger partial charge is 0.339 e. The predicted molar refractivity (Wildman–Crippen MR) is 109 cm³/mol. The second-order valence-electron chi connectivity index (χ2n) is 7.90. The van der Waals surface area contributed by atoms with Gasteiger partial charge in [-0.25, -0.2) is 4.79 Å². The summed E-state index contributed by atoms with van der Waals surface area (Å²) in [6.45, 7) is 6.35. The van der Waals surface area contributed by atoms with Crippen molar-refractivity contribution in [3.8, 4) is 0 Å². The van der Waals surface area contributed by atoms with E-state index in [2.05, 4.69) is 4.98 Å². The van der Waals surface area contributed by atoms with Crippen LogP contribution in [0.5, 0.6) is 0 Å². The molecule has 2 heterocycles. The van der Waals surface area contributed by atoms with E-state index in [0.717, 1.165) is 22.0 Å². The van der Waals surface area contributed by atoms with E-state index in [1.54, 1.807) is 6.07 Å². The Labute approximate surface area is 163 Å². The molecule has 1 aliphatic heterocycles. The molecule has 5 heteroatoms. The number of benzene rings is 2. The molecule has 2 N–H and O–H groups in total. The number of aromatic amines is 1. The zero-order chi connectivity index (χ0) is 20.1. The molecule has 3 aromatic rings. The quantitative estimate of drug-likeness (QED) is 0.701. The summed E-state index contributed by atoms with van der Waals surface area (Å²) >= 11 is 0. The molecular weight excluding hydrogens is 352 g/mol. The van der Waals surface area contributed by atoms with Crippen LogP contribution in [0, 0.1) is 6.92 Å². The Morgan fingerprint density at radius 2 is 1.75 bits per heavy atom. The van der Waals surface area contributed by atoms with Crippen molar-refractivity contribution >= 4 is 28.4 Å². The molecule has 0 saturated carbocycles. The lowest BCUT2D eigenvalue weighted by molar-refractivity contribution is -0.130. The molecule has 0 saturated heterocycles. The molecule has 142 valence electrons. The van der Waals surface area contributed by atoms with Crippen LogP contribution in [0.1, 0.15) is 41.0 Å². The van der Waals surface area contributed by atoms with Gasteiger partial charge in [-0.05, 0) is 30.2 Å². The Morgan fingerprint density at radius 1 is 1.07 bits per heavy atom. The van der Waals surface area contributed by atoms with Gasteiger partial charge in [-0.3, -0.25) is 4.79 Å². The highest BCUT2D eigenvalue weighted by atomic mass is 16.4. The minimum Gasteiger partial charge on any atom is -0.478 e. The van der Waals surface area contributed by atoms with Crippen LogP contribution in [-0.4, -0.2) is 33.4 Å². The van der Waals surface area contributed by atoms with Crippen LogP contribution in [0.3, 0.4) is 0 Å². The lowest BCUT2D eigenvalue weighted by Crippen LogP contribution is -2.37. The number of H-pyrrole nitrogens is 1. The summed E-state index contributed by atoms with van der Waals surface area (Å²) in [4.78, 5) is 30.1. The fourth-order valence-electron chi connectivity index (χ4n) is 4.08. The number of rotatable bonds is 2. The number of nitrogens with zero attached hydrogens (tertiary/aromatic N) is 1. The molecule has 0 spiro atoms. The van der Waals surface area contributed by atoms with Gasteiger partial charge in [0, 0.05) is 34.6 Å². The van der Waals surface area contributed by atoms with E-state index in [1.807, 2.05) is 63.2 Å². The van der Waals surface area contributed by atoms with Crippen LogP contribution < -0.4 is 0 Å². The summed E-state index contributed by atoms with van der Waals surface area (Å²) in [5.74, 6) is -1.26. The number of hydrogen-bond donors (Lipinski definition) is 2. The van der Waals surface area contributed by atoms with Crippen molar-refractivity contribution in [2.45, 2.75) is 26.2 Å². The molecule has 0 unspecified atom stereocenters. The van der Waals surface area contributed by atoms with E-state index in [1.165, 1.54) is 11.1 Å². The maximum Gasteiger partial charge on any atom is 0.339 e. The fraction of sp³-hybridized carbons (Fsp3) is 0.217. The second-order valence-corrected chi connectivity index (χ2v) is 7.90. The number of fused-ring (bicyclic) bond motifs is 3. The zero-order valence-electron chi connectivity index (χ0n) is 16.1. The average molecular weight is 374 g/mol. The van der Waals surface area contributed by atoms with Crippen molar-refractivity contribution in [1.82, 2.24) is 9.88 Å². The first-order valence-corrected chi connectivity index (χ1v) is 9.23. The van der Waals surface area contributed by atoms with Crippen molar-refractivity contribution in [3.63, 3.8) is 0 Å². The third kappa shape index (κ3) is 2.80. The normalized spacial score (nSPS) is 15.7. The predicted octanol–water partition coefficient (Wildman–Crippen LogP) is 4.34. The molecule has 0 atom stereocenters. The number of carbonyl (C=O) groups excluding carboxylic acids is 1. The van der Waals surface area contributed by atoms with Crippen LogP contribution in [-0.2, 0) is 10.2 Å². The molecule has 0 aliphatic carbocycles. The molecule has 1 aromatic heterocycles. The number of carboxylic acids is 1. The van der Waals surface area contributed by atoms with Crippen molar-refractivity contribution in [1.29, 1.82) is 0 Å². The van der Waals surface area contributed by atoms with Gasteiger partial charge < -0.3 is 15.0 Å². The zero-order valence-corrected chi connectivity index (χ0v) is 16.1. The highest BCUT2D eigenvalue weighted by Gasteiger charge is 2.37. The summed E-state index contributed by atoms with van der Waals surface area (Å²) in [7, 11) is 0. The van der Waals surface area contributed by atoms with E-state index in [9.17, 15) is 14.7 Å². The summed E-state index contributed by atoms with van der Waals surface area (Å²) in [6.07, 6.45) is 1.47. The molecule has 4 rings (SSSR count). The third-order valence-corrected chi connectivity index (χ3v) is 5.37. The Hall–Kier alpha value is -3.34. The van der Waals surface area contributed by atoms with Gasteiger partial charge >= 0.3 is 5.97 Å². The van der Waals surface area contributed by atoms with Gasteiger partial charge in [-0.2, -0.15) is 0 Å². The van der Waals surface area contributed by atoms with Crippen LogP contribution in [0.15, 0.2) is 54.7 Å². The summed E-state index contributed by atoms with van der Waals surface area (Å²) < 4.78 is 0. The number of aromatic nitrogens is 1. The average Bonchev–Trinajstić information content (AvgIpc) is 2.99. The lowest BCUT2D eigenvalue weighted by Gasteiger charge is -2.30. The van der Waals surface area contributed by atoms with E-state index < -0.39 is 11.4 Å². The van der Waals surface area contributed by atoms with Crippen LogP contribution in [0.25, 0.3) is 16.5 Å². The molecular formula is C23H22N2O3. The van der Waals surface area contributed by atoms with Crippen molar-refractivity contribution in [3.05, 3.63) is 77.1 Å². The number of amides is 1. The number of aryl methyl sites for hydroxylation is 1. The molecule has 0 bridgehead atoms. The van der Waals surface area contributed by atoms with Gasteiger partial charge in [0.15, 0.2) is 0 Å². The maximum absolute atomic E-state index is 13.2. The van der Waals surface area contributed by atoms with Crippen LogP contribution in [0.2, 0.25) is 0 Å². The number of carbonyl (C=O) groups is 2. The van der Waals surface area contributed by atoms with Gasteiger partial charge in [0.2, 0.25) is 0 Å². The van der Waals surface area contributed by atoms with Crippen LogP contribution >= 0.6 is 0 Å². The highest BCUT2D eigenvalue weighted by Crippen LogP contribution is 2.40. The van der Waals surface area contributed by atoms with E-state index in [4.69, 9.17) is 0 Å². The van der Waals surface area contributed by atoms with E-state index in [-0.39, 0.29) is 11.5 Å². The SMILES string of the molecule is Cc1ccccc1C(=O)N1C=C(C(=O)O)c2[nH]c3ccccc3c2C(C)(C)C1. The third-order valence-electron chi connectivity index (χ3n) is 5.37. The first kappa shape index (κ1) is 18.0.